The molecule has 0 spiro atoms. The van der Waals surface area contributed by atoms with Crippen molar-refractivity contribution < 1.29 is 0 Å². The molecule has 0 aliphatic heterocycles. The first-order valence-corrected chi connectivity index (χ1v) is 5.54. The normalized spacial score (nSPS) is 10.4. The first-order valence-electron chi connectivity index (χ1n) is 4.72. The molecule has 0 bridgehead atoms. The van der Waals surface area contributed by atoms with E-state index in [4.69, 9.17) is 0 Å². The fourth-order valence-electron chi connectivity index (χ4n) is 1.53. The van der Waals surface area contributed by atoms with Crippen LogP contribution < -0.4 is 0 Å². The molecular formula is C12H13NS. The van der Waals surface area contributed by atoms with E-state index in [0.717, 1.165) is 11.4 Å². The van der Waals surface area contributed by atoms with Crippen LogP contribution in [0.4, 0.5) is 0 Å². The predicted molar refractivity (Wildman–Crippen MR) is 60.8 cm³/mol. The molecule has 0 aliphatic carbocycles. The molecule has 1 nitrogen and oxygen atoms in total. The zero-order valence-corrected chi connectivity index (χ0v) is 9.27. The predicted octanol–water partition coefficient (Wildman–Crippen LogP) is 3.35. The minimum Gasteiger partial charge on any atom is -0.246 e. The molecule has 2 aromatic rings. The third kappa shape index (κ3) is 2.02. The minimum absolute atomic E-state index is 0.955. The number of hydrogen-bond acceptors (Lipinski definition) is 2. The Morgan fingerprint density at radius 1 is 1.14 bits per heavy atom. The van der Waals surface area contributed by atoms with Crippen molar-refractivity contribution in [3.63, 3.8) is 0 Å². The highest BCUT2D eigenvalue weighted by Gasteiger charge is 2.04. The lowest BCUT2D eigenvalue weighted by atomic mass is 10.1. The van der Waals surface area contributed by atoms with E-state index in [1.54, 1.807) is 11.3 Å². The van der Waals surface area contributed by atoms with Crippen LogP contribution in [0, 0.1) is 13.8 Å². The Labute approximate surface area is 88.4 Å². The van der Waals surface area contributed by atoms with Crippen LogP contribution in [0.3, 0.4) is 0 Å². The van der Waals surface area contributed by atoms with Crippen LogP contribution in [0.25, 0.3) is 0 Å². The Balaban J connectivity index is 2.23. The van der Waals surface area contributed by atoms with E-state index in [1.807, 2.05) is 6.07 Å². The summed E-state index contributed by atoms with van der Waals surface area (Å²) in [5, 5.41) is 1.16. The quantitative estimate of drug-likeness (QED) is 0.729. The Morgan fingerprint density at radius 2 is 1.86 bits per heavy atom. The van der Waals surface area contributed by atoms with Gasteiger partial charge in [0.25, 0.3) is 0 Å². The number of nitrogens with zero attached hydrogens (tertiary/aromatic N) is 1. The second kappa shape index (κ2) is 3.93. The summed E-state index contributed by atoms with van der Waals surface area (Å²) in [6.45, 7) is 4.20. The molecule has 0 saturated heterocycles. The summed E-state index contributed by atoms with van der Waals surface area (Å²) in [5.74, 6) is 0. The van der Waals surface area contributed by atoms with Gasteiger partial charge in [-0.05, 0) is 19.4 Å². The molecule has 0 saturated carbocycles. The number of rotatable bonds is 2. The van der Waals surface area contributed by atoms with Crippen molar-refractivity contribution in [2.75, 3.05) is 0 Å². The van der Waals surface area contributed by atoms with E-state index in [1.165, 1.54) is 16.1 Å². The van der Waals surface area contributed by atoms with Crippen molar-refractivity contribution in [3.05, 3.63) is 51.5 Å². The van der Waals surface area contributed by atoms with E-state index in [2.05, 4.69) is 43.1 Å². The van der Waals surface area contributed by atoms with Gasteiger partial charge in [-0.25, -0.2) is 4.98 Å². The minimum atomic E-state index is 0.955. The molecule has 0 amide bonds. The van der Waals surface area contributed by atoms with Gasteiger partial charge in [-0.2, -0.15) is 0 Å². The van der Waals surface area contributed by atoms with Gasteiger partial charge >= 0.3 is 0 Å². The molecular weight excluding hydrogens is 190 g/mol. The molecule has 72 valence electrons. The maximum absolute atomic E-state index is 4.52. The highest BCUT2D eigenvalue weighted by atomic mass is 32.1. The molecule has 1 heterocycles. The molecule has 14 heavy (non-hydrogen) atoms. The summed E-state index contributed by atoms with van der Waals surface area (Å²) in [6.07, 6.45) is 0.955. The van der Waals surface area contributed by atoms with Gasteiger partial charge in [0.1, 0.15) is 0 Å². The van der Waals surface area contributed by atoms with E-state index >= 15 is 0 Å². The summed E-state index contributed by atoms with van der Waals surface area (Å²) in [7, 11) is 0. The molecule has 1 aromatic heterocycles. The highest BCUT2D eigenvalue weighted by Crippen LogP contribution is 2.19. The fraction of sp³-hybridized carbons (Fsp3) is 0.250. The van der Waals surface area contributed by atoms with Crippen molar-refractivity contribution in [1.29, 1.82) is 0 Å². The van der Waals surface area contributed by atoms with Crippen molar-refractivity contribution in [3.8, 4) is 0 Å². The summed E-state index contributed by atoms with van der Waals surface area (Å²) in [6, 6.07) is 10.5. The Morgan fingerprint density at radius 3 is 2.43 bits per heavy atom. The number of aryl methyl sites for hydroxylation is 2. The third-order valence-electron chi connectivity index (χ3n) is 2.21. The van der Waals surface area contributed by atoms with Crippen LogP contribution in [0.5, 0.6) is 0 Å². The largest absolute Gasteiger partial charge is 0.246 e. The lowest BCUT2D eigenvalue weighted by Crippen LogP contribution is -1.89. The molecule has 0 atom stereocenters. The van der Waals surface area contributed by atoms with Crippen LogP contribution in [0.15, 0.2) is 30.3 Å². The molecule has 2 heteroatoms. The Hall–Kier alpha value is -1.15. The lowest BCUT2D eigenvalue weighted by Gasteiger charge is -1.98. The topological polar surface area (TPSA) is 12.9 Å². The van der Waals surface area contributed by atoms with Crippen LogP contribution in [0.2, 0.25) is 0 Å². The molecule has 0 N–H and O–H groups in total. The van der Waals surface area contributed by atoms with E-state index < -0.39 is 0 Å². The number of hydrogen-bond donors (Lipinski definition) is 0. The maximum Gasteiger partial charge on any atom is 0.0900 e. The van der Waals surface area contributed by atoms with Gasteiger partial charge in [-0.3, -0.25) is 0 Å². The zero-order chi connectivity index (χ0) is 9.97. The Kier molecular flexibility index (Phi) is 2.64. The maximum atomic E-state index is 4.52. The number of benzene rings is 1. The molecule has 0 fully saturated rings. The van der Waals surface area contributed by atoms with Crippen LogP contribution in [0.1, 0.15) is 21.1 Å². The zero-order valence-electron chi connectivity index (χ0n) is 8.45. The first kappa shape index (κ1) is 9.41. The highest BCUT2D eigenvalue weighted by molar-refractivity contribution is 7.11. The van der Waals surface area contributed by atoms with Gasteiger partial charge in [0.15, 0.2) is 0 Å². The second-order valence-corrected chi connectivity index (χ2v) is 4.81. The van der Waals surface area contributed by atoms with Gasteiger partial charge in [0, 0.05) is 11.3 Å². The van der Waals surface area contributed by atoms with Crippen LogP contribution in [-0.4, -0.2) is 4.98 Å². The van der Waals surface area contributed by atoms with Gasteiger partial charge in [-0.1, -0.05) is 30.3 Å². The lowest BCUT2D eigenvalue weighted by molar-refractivity contribution is 1.06. The molecule has 1 aromatic carbocycles. The van der Waals surface area contributed by atoms with E-state index in [0.29, 0.717) is 0 Å². The van der Waals surface area contributed by atoms with Gasteiger partial charge in [-0.15, -0.1) is 11.3 Å². The standard InChI is InChI=1S/C12H13NS/c1-9-12(13-10(2)14-9)8-11-6-4-3-5-7-11/h3-7H,8H2,1-2H3. The summed E-state index contributed by atoms with van der Waals surface area (Å²) >= 11 is 1.78. The number of thiazole rings is 1. The average molecular weight is 203 g/mol. The van der Waals surface area contributed by atoms with Gasteiger partial charge in [0.2, 0.25) is 0 Å². The van der Waals surface area contributed by atoms with Gasteiger partial charge in [0.05, 0.1) is 10.7 Å². The van der Waals surface area contributed by atoms with Crippen molar-refractivity contribution >= 4 is 11.3 Å². The monoisotopic (exact) mass is 203 g/mol. The van der Waals surface area contributed by atoms with Crippen LogP contribution in [-0.2, 0) is 6.42 Å². The summed E-state index contributed by atoms with van der Waals surface area (Å²) < 4.78 is 0. The molecule has 0 unspecified atom stereocenters. The average Bonchev–Trinajstić information content (AvgIpc) is 2.47. The first-order chi connectivity index (χ1) is 6.75. The second-order valence-electron chi connectivity index (χ2n) is 3.40. The molecule has 0 aliphatic rings. The van der Waals surface area contributed by atoms with Crippen LogP contribution >= 0.6 is 11.3 Å². The van der Waals surface area contributed by atoms with Gasteiger partial charge < -0.3 is 0 Å². The fourth-order valence-corrected chi connectivity index (χ4v) is 2.36. The molecule has 0 radical (unpaired) electrons. The van der Waals surface area contributed by atoms with Crippen molar-refractivity contribution in [2.24, 2.45) is 0 Å². The molecule has 2 rings (SSSR count). The van der Waals surface area contributed by atoms with E-state index in [-0.39, 0.29) is 0 Å². The smallest absolute Gasteiger partial charge is 0.0900 e. The van der Waals surface area contributed by atoms with Crippen molar-refractivity contribution in [1.82, 2.24) is 4.98 Å². The van der Waals surface area contributed by atoms with E-state index in [9.17, 15) is 0 Å². The SMILES string of the molecule is Cc1nc(Cc2ccccc2)c(C)s1. The summed E-state index contributed by atoms with van der Waals surface area (Å²) in [4.78, 5) is 5.86. The Bertz CT molecular complexity index is 417. The number of aromatic nitrogens is 1. The van der Waals surface area contributed by atoms with Crippen molar-refractivity contribution in [2.45, 2.75) is 20.3 Å². The third-order valence-corrected chi connectivity index (χ3v) is 3.14. The summed E-state index contributed by atoms with van der Waals surface area (Å²) in [5.41, 5.74) is 2.56.